The van der Waals surface area contributed by atoms with Crippen LogP contribution in [0.15, 0.2) is 17.1 Å². The van der Waals surface area contributed by atoms with Crippen molar-refractivity contribution in [2.75, 3.05) is 34.4 Å². The molecule has 176 valence electrons. The number of aliphatic imine (C=N–C) groups is 1. The van der Waals surface area contributed by atoms with Crippen molar-refractivity contribution in [1.82, 2.24) is 16.0 Å². The number of carbonyl (C=O) groups excluding carboxylic acids is 1. The minimum atomic E-state index is -0.556. The predicted octanol–water partition coefficient (Wildman–Crippen LogP) is 3.07. The van der Waals surface area contributed by atoms with Gasteiger partial charge in [-0.15, -0.1) is 0 Å². The van der Waals surface area contributed by atoms with Gasteiger partial charge in [0.05, 0.1) is 33.4 Å². The van der Waals surface area contributed by atoms with Crippen LogP contribution in [-0.4, -0.2) is 57.6 Å². The maximum atomic E-state index is 12.1. The lowest BCUT2D eigenvalue weighted by atomic mass is 10.1. The smallest absolute Gasteiger partial charge is 0.408 e. The highest BCUT2D eigenvalue weighted by Crippen LogP contribution is 2.34. The summed E-state index contributed by atoms with van der Waals surface area (Å²) in [6.45, 7) is 12.8. The number of nitrogens with zero attached hydrogens (tertiary/aromatic N) is 1. The third kappa shape index (κ3) is 9.23. The van der Waals surface area contributed by atoms with Crippen molar-refractivity contribution in [2.24, 2.45) is 4.99 Å². The third-order valence-electron chi connectivity index (χ3n) is 4.08. The lowest BCUT2D eigenvalue weighted by Crippen LogP contribution is -2.54. The predicted molar refractivity (Wildman–Crippen MR) is 122 cm³/mol. The summed E-state index contributed by atoms with van der Waals surface area (Å²) in [6, 6.07) is 3.62. The fourth-order valence-electron chi connectivity index (χ4n) is 2.65. The van der Waals surface area contributed by atoms with Gasteiger partial charge in [-0.1, -0.05) is 0 Å². The second-order valence-corrected chi connectivity index (χ2v) is 8.58. The van der Waals surface area contributed by atoms with Crippen LogP contribution in [0.1, 0.15) is 47.1 Å². The molecule has 1 amide bonds. The zero-order valence-corrected chi connectivity index (χ0v) is 20.3. The first-order valence-corrected chi connectivity index (χ1v) is 10.3. The third-order valence-corrected chi connectivity index (χ3v) is 4.08. The van der Waals surface area contributed by atoms with Crippen molar-refractivity contribution in [3.05, 3.63) is 17.7 Å². The first kappa shape index (κ1) is 26.2. The number of hydrogen-bond donors (Lipinski definition) is 3. The lowest BCUT2D eigenvalue weighted by Gasteiger charge is -2.29. The molecule has 9 heteroatoms. The van der Waals surface area contributed by atoms with Gasteiger partial charge >= 0.3 is 6.09 Å². The lowest BCUT2D eigenvalue weighted by molar-refractivity contribution is 0.0474. The van der Waals surface area contributed by atoms with Crippen molar-refractivity contribution < 1.29 is 23.7 Å². The Bertz CT molecular complexity index is 757. The molecule has 0 fully saturated rings. The molecule has 1 aromatic rings. The minimum absolute atomic E-state index is 0.360. The molecule has 3 N–H and O–H groups in total. The highest BCUT2D eigenvalue weighted by atomic mass is 16.6. The number of benzene rings is 1. The molecule has 0 saturated heterocycles. The Balaban J connectivity index is 2.89. The van der Waals surface area contributed by atoms with Crippen LogP contribution >= 0.6 is 0 Å². The van der Waals surface area contributed by atoms with Crippen molar-refractivity contribution in [3.63, 3.8) is 0 Å². The van der Waals surface area contributed by atoms with Crippen molar-refractivity contribution in [1.29, 1.82) is 0 Å². The second-order valence-electron chi connectivity index (χ2n) is 8.58. The summed E-state index contributed by atoms with van der Waals surface area (Å²) in [6.07, 6.45) is -0.462. The molecule has 0 spiro atoms. The molecule has 31 heavy (non-hydrogen) atoms. The molecule has 0 aliphatic heterocycles. The number of rotatable bonds is 9. The number of ether oxygens (including phenoxy) is 4. The van der Waals surface area contributed by atoms with E-state index in [1.165, 1.54) is 0 Å². The number of nitrogens with one attached hydrogen (secondary N) is 3. The monoisotopic (exact) mass is 438 g/mol. The maximum absolute atomic E-state index is 12.1. The van der Waals surface area contributed by atoms with Gasteiger partial charge in [0.1, 0.15) is 11.4 Å². The molecule has 0 heterocycles. The minimum Gasteiger partial charge on any atom is -0.496 e. The van der Waals surface area contributed by atoms with Crippen LogP contribution in [-0.2, 0) is 11.3 Å². The summed E-state index contributed by atoms with van der Waals surface area (Å²) >= 11 is 0. The number of guanidine groups is 1. The Morgan fingerprint density at radius 3 is 2.03 bits per heavy atom. The molecule has 0 bridgehead atoms. The Labute approximate surface area is 185 Å². The van der Waals surface area contributed by atoms with Gasteiger partial charge in [0.15, 0.2) is 17.5 Å². The molecule has 0 aliphatic carbocycles. The van der Waals surface area contributed by atoms with Gasteiger partial charge < -0.3 is 34.9 Å². The number of carbonyl (C=O) groups is 1. The maximum Gasteiger partial charge on any atom is 0.408 e. The van der Waals surface area contributed by atoms with Crippen molar-refractivity contribution in [2.45, 2.75) is 59.2 Å². The Morgan fingerprint density at radius 2 is 1.52 bits per heavy atom. The van der Waals surface area contributed by atoms with E-state index in [1.807, 2.05) is 47.6 Å². The highest BCUT2D eigenvalue weighted by molar-refractivity contribution is 5.80. The van der Waals surface area contributed by atoms with E-state index >= 15 is 0 Å². The van der Waals surface area contributed by atoms with E-state index in [0.717, 1.165) is 5.56 Å². The standard InChI is InChI=1S/C22H38N4O5/c1-10-23-19(25-14-22(5,6)26-20(27)31-21(2,3)4)24-13-15-11-17(29-8)18(30-9)12-16(15)28-7/h11-12H,10,13-14H2,1-9H3,(H,26,27)(H2,23,24,25). The molecule has 9 nitrogen and oxygen atoms in total. The fraction of sp³-hybridized carbons (Fsp3) is 0.636. The van der Waals surface area contributed by atoms with Crippen LogP contribution in [0.5, 0.6) is 17.2 Å². The zero-order valence-electron chi connectivity index (χ0n) is 20.3. The second kappa shape index (κ2) is 11.5. The zero-order chi connectivity index (χ0) is 23.7. The quantitative estimate of drug-likeness (QED) is 0.402. The normalized spacial score (nSPS) is 12.1. The average molecular weight is 439 g/mol. The van der Waals surface area contributed by atoms with Gasteiger partial charge in [-0.05, 0) is 47.6 Å². The fourth-order valence-corrected chi connectivity index (χ4v) is 2.65. The highest BCUT2D eigenvalue weighted by Gasteiger charge is 2.24. The first-order valence-electron chi connectivity index (χ1n) is 10.3. The molecule has 0 saturated carbocycles. The molecule has 0 atom stereocenters. The first-order chi connectivity index (χ1) is 14.4. The van der Waals surface area contributed by atoms with E-state index in [4.69, 9.17) is 18.9 Å². The van der Waals surface area contributed by atoms with Gasteiger partial charge in [0, 0.05) is 24.7 Å². The Hall–Kier alpha value is -2.84. The SMILES string of the molecule is CCNC(=NCc1cc(OC)c(OC)cc1OC)NCC(C)(C)NC(=O)OC(C)(C)C. The van der Waals surface area contributed by atoms with E-state index in [-0.39, 0.29) is 0 Å². The summed E-state index contributed by atoms with van der Waals surface area (Å²) in [7, 11) is 4.76. The van der Waals surface area contributed by atoms with Crippen molar-refractivity contribution >= 4 is 12.1 Å². The van der Waals surface area contributed by atoms with Crippen molar-refractivity contribution in [3.8, 4) is 17.2 Å². The number of methoxy groups -OCH3 is 3. The Morgan fingerprint density at radius 1 is 0.935 bits per heavy atom. The van der Waals surface area contributed by atoms with E-state index in [1.54, 1.807) is 27.4 Å². The summed E-state index contributed by atoms with van der Waals surface area (Å²) < 4.78 is 21.5. The number of hydrogen-bond acceptors (Lipinski definition) is 6. The molecular formula is C22H38N4O5. The van der Waals surface area contributed by atoms with E-state index in [0.29, 0.717) is 42.8 Å². The number of amides is 1. The Kier molecular flexibility index (Phi) is 9.74. The largest absolute Gasteiger partial charge is 0.496 e. The van der Waals surface area contributed by atoms with Crippen LogP contribution in [0.2, 0.25) is 0 Å². The summed E-state index contributed by atoms with van der Waals surface area (Å²) in [5, 5.41) is 9.34. The van der Waals surface area contributed by atoms with Gasteiger partial charge in [-0.25, -0.2) is 9.79 Å². The van der Waals surface area contributed by atoms with E-state index < -0.39 is 17.2 Å². The molecule has 0 unspecified atom stereocenters. The van der Waals surface area contributed by atoms with Crippen LogP contribution in [0.3, 0.4) is 0 Å². The van der Waals surface area contributed by atoms with Gasteiger partial charge in [0.25, 0.3) is 0 Å². The van der Waals surface area contributed by atoms with Crippen LogP contribution in [0.4, 0.5) is 4.79 Å². The van der Waals surface area contributed by atoms with Crippen LogP contribution in [0.25, 0.3) is 0 Å². The van der Waals surface area contributed by atoms with Gasteiger partial charge in [-0.3, -0.25) is 0 Å². The van der Waals surface area contributed by atoms with Gasteiger partial charge in [-0.2, -0.15) is 0 Å². The van der Waals surface area contributed by atoms with Crippen LogP contribution in [0, 0.1) is 0 Å². The molecule has 1 rings (SSSR count). The average Bonchev–Trinajstić information content (AvgIpc) is 2.67. The molecule has 0 radical (unpaired) electrons. The summed E-state index contributed by atoms with van der Waals surface area (Å²) in [4.78, 5) is 16.7. The molecular weight excluding hydrogens is 400 g/mol. The molecule has 1 aromatic carbocycles. The topological polar surface area (TPSA) is 102 Å². The number of alkyl carbamates (subject to hydrolysis) is 1. The molecule has 0 aromatic heterocycles. The molecule has 0 aliphatic rings. The summed E-state index contributed by atoms with van der Waals surface area (Å²) in [5.41, 5.74) is -0.259. The van der Waals surface area contributed by atoms with Crippen LogP contribution < -0.4 is 30.2 Å². The van der Waals surface area contributed by atoms with E-state index in [9.17, 15) is 4.79 Å². The van der Waals surface area contributed by atoms with Gasteiger partial charge in [0.2, 0.25) is 0 Å². The van der Waals surface area contributed by atoms with E-state index in [2.05, 4.69) is 20.9 Å². The summed E-state index contributed by atoms with van der Waals surface area (Å²) in [5.74, 6) is 2.46.